The van der Waals surface area contributed by atoms with Crippen molar-refractivity contribution in [2.24, 2.45) is 0 Å². The van der Waals surface area contributed by atoms with Crippen LogP contribution in [0, 0.1) is 0 Å². The summed E-state index contributed by atoms with van der Waals surface area (Å²) in [6, 6.07) is 8.56. The molecule has 2 heterocycles. The van der Waals surface area contributed by atoms with E-state index in [0.717, 1.165) is 24.8 Å². The molecular weight excluding hydrogens is 332 g/mol. The summed E-state index contributed by atoms with van der Waals surface area (Å²) in [4.78, 5) is 14.7. The Hall–Kier alpha value is -1.59. The van der Waals surface area contributed by atoms with Crippen LogP contribution in [0.5, 0.6) is 0 Å². The molecule has 1 N–H and O–H groups in total. The zero-order valence-corrected chi connectivity index (χ0v) is 13.0. The van der Waals surface area contributed by atoms with Gasteiger partial charge in [0.05, 0.1) is 5.56 Å². The molecule has 0 unspecified atom stereocenters. The van der Waals surface area contributed by atoms with Crippen molar-refractivity contribution in [3.63, 3.8) is 0 Å². The highest BCUT2D eigenvalue weighted by Gasteiger charge is 2.33. The molecule has 21 heavy (non-hydrogen) atoms. The van der Waals surface area contributed by atoms with Gasteiger partial charge in [-0.25, -0.2) is 0 Å². The van der Waals surface area contributed by atoms with Crippen LogP contribution in [0.3, 0.4) is 0 Å². The molecule has 5 heteroatoms. The monoisotopic (exact) mass is 346 g/mol. The first-order valence-corrected chi connectivity index (χ1v) is 7.90. The first-order chi connectivity index (χ1) is 10.2. The second kappa shape index (κ2) is 5.00. The maximum Gasteiger partial charge on any atom is 0.258 e. The molecular formula is C16H15BrN2O2. The fraction of sp³-hybridized carbons (Fsp3) is 0.312. The molecule has 1 aliphatic carbocycles. The van der Waals surface area contributed by atoms with Crippen LogP contribution in [-0.4, -0.2) is 16.8 Å². The van der Waals surface area contributed by atoms with E-state index in [1.807, 2.05) is 12.1 Å². The van der Waals surface area contributed by atoms with E-state index in [4.69, 9.17) is 4.42 Å². The fourth-order valence-electron chi connectivity index (χ4n) is 2.89. The van der Waals surface area contributed by atoms with Gasteiger partial charge in [0.1, 0.15) is 6.26 Å². The number of carbonyl (C=O) groups excluding carboxylic acids is 1. The zero-order valence-electron chi connectivity index (χ0n) is 11.4. The van der Waals surface area contributed by atoms with Crippen molar-refractivity contribution in [3.05, 3.63) is 51.9 Å². The minimum Gasteiger partial charge on any atom is -0.457 e. The van der Waals surface area contributed by atoms with E-state index < -0.39 is 0 Å². The number of carbonyl (C=O) groups is 1. The third-order valence-electron chi connectivity index (χ3n) is 4.15. The van der Waals surface area contributed by atoms with Gasteiger partial charge in [0.2, 0.25) is 0 Å². The summed E-state index contributed by atoms with van der Waals surface area (Å²) in [7, 11) is 0. The molecule has 0 spiro atoms. The Morgan fingerprint density at radius 1 is 1.33 bits per heavy atom. The highest BCUT2D eigenvalue weighted by atomic mass is 79.9. The van der Waals surface area contributed by atoms with Gasteiger partial charge in [-0.05, 0) is 46.0 Å². The average Bonchev–Trinajstić information content (AvgIpc) is 3.07. The number of nitrogens with one attached hydrogen (secondary N) is 1. The second-order valence-corrected chi connectivity index (χ2v) is 6.45. The highest BCUT2D eigenvalue weighted by Crippen LogP contribution is 2.37. The average molecular weight is 347 g/mol. The van der Waals surface area contributed by atoms with Crippen LogP contribution >= 0.6 is 15.9 Å². The van der Waals surface area contributed by atoms with Gasteiger partial charge in [0.15, 0.2) is 4.67 Å². The van der Waals surface area contributed by atoms with Crippen molar-refractivity contribution in [2.45, 2.75) is 32.0 Å². The number of amides is 1. The number of anilines is 1. The van der Waals surface area contributed by atoms with Gasteiger partial charge in [-0.15, -0.1) is 0 Å². The summed E-state index contributed by atoms with van der Waals surface area (Å²) < 4.78 is 5.68. The van der Waals surface area contributed by atoms with Gasteiger partial charge in [-0.1, -0.05) is 12.1 Å². The van der Waals surface area contributed by atoms with E-state index in [0.29, 0.717) is 10.2 Å². The van der Waals surface area contributed by atoms with Crippen molar-refractivity contribution >= 4 is 27.5 Å². The van der Waals surface area contributed by atoms with Crippen LogP contribution in [0.4, 0.5) is 5.69 Å². The normalized spacial score (nSPS) is 17.8. The van der Waals surface area contributed by atoms with Crippen LogP contribution in [0.1, 0.15) is 34.3 Å². The van der Waals surface area contributed by atoms with E-state index in [9.17, 15) is 4.79 Å². The summed E-state index contributed by atoms with van der Waals surface area (Å²) in [6.45, 7) is 1.94. The first-order valence-electron chi connectivity index (χ1n) is 7.11. The Kier molecular flexibility index (Phi) is 3.12. The van der Waals surface area contributed by atoms with Crippen molar-refractivity contribution < 1.29 is 9.21 Å². The molecule has 1 aromatic heterocycles. The number of furan rings is 1. The molecule has 0 bridgehead atoms. The quantitative estimate of drug-likeness (QED) is 0.919. The van der Waals surface area contributed by atoms with E-state index in [1.165, 1.54) is 30.2 Å². The summed E-state index contributed by atoms with van der Waals surface area (Å²) in [5, 5.41) is 3.01. The van der Waals surface area contributed by atoms with Crippen LogP contribution in [0.15, 0.2) is 39.6 Å². The molecule has 108 valence electrons. The number of fused-ring (bicyclic) bond motifs is 1. The van der Waals surface area contributed by atoms with E-state index in [1.54, 1.807) is 6.07 Å². The van der Waals surface area contributed by atoms with E-state index >= 15 is 0 Å². The number of halogens is 1. The van der Waals surface area contributed by atoms with Crippen molar-refractivity contribution in [3.8, 4) is 0 Å². The number of benzene rings is 1. The molecule has 4 rings (SSSR count). The molecule has 1 saturated carbocycles. The predicted molar refractivity (Wildman–Crippen MR) is 83.1 cm³/mol. The summed E-state index contributed by atoms with van der Waals surface area (Å²) >= 11 is 3.21. The summed E-state index contributed by atoms with van der Waals surface area (Å²) in [5.74, 6) is -0.136. The maximum atomic E-state index is 12.2. The molecule has 1 aromatic carbocycles. The SMILES string of the molecule is O=C(Nc1cccc2c1CN(C1CC1)C2)c1coc(Br)c1. The van der Waals surface area contributed by atoms with Crippen molar-refractivity contribution in [2.75, 3.05) is 5.32 Å². The Bertz CT molecular complexity index is 706. The fourth-order valence-corrected chi connectivity index (χ4v) is 3.23. The number of rotatable bonds is 3. The number of nitrogens with zero attached hydrogens (tertiary/aromatic N) is 1. The predicted octanol–water partition coefficient (Wildman–Crippen LogP) is 3.77. The summed E-state index contributed by atoms with van der Waals surface area (Å²) in [5.41, 5.74) is 4.02. The van der Waals surface area contributed by atoms with Gasteiger partial charge in [0.25, 0.3) is 5.91 Å². The molecule has 0 atom stereocenters. The molecule has 0 saturated heterocycles. The lowest BCUT2D eigenvalue weighted by Crippen LogP contribution is -2.18. The maximum absolute atomic E-state index is 12.2. The number of hydrogen-bond donors (Lipinski definition) is 1. The van der Waals surface area contributed by atoms with Crippen LogP contribution < -0.4 is 5.32 Å². The van der Waals surface area contributed by atoms with Gasteiger partial charge in [-0.3, -0.25) is 9.69 Å². The van der Waals surface area contributed by atoms with Gasteiger partial charge < -0.3 is 9.73 Å². The zero-order chi connectivity index (χ0) is 14.4. The van der Waals surface area contributed by atoms with Gasteiger partial charge in [-0.2, -0.15) is 0 Å². The first kappa shape index (κ1) is 13.1. The molecule has 1 aliphatic heterocycles. The minimum atomic E-state index is -0.136. The molecule has 4 nitrogen and oxygen atoms in total. The van der Waals surface area contributed by atoms with Gasteiger partial charge >= 0.3 is 0 Å². The van der Waals surface area contributed by atoms with Gasteiger partial charge in [0, 0.05) is 30.9 Å². The van der Waals surface area contributed by atoms with Crippen LogP contribution in [0.25, 0.3) is 0 Å². The van der Waals surface area contributed by atoms with Crippen LogP contribution in [0.2, 0.25) is 0 Å². The third-order valence-corrected chi connectivity index (χ3v) is 4.56. The minimum absolute atomic E-state index is 0.136. The van der Waals surface area contributed by atoms with Crippen molar-refractivity contribution in [1.82, 2.24) is 4.90 Å². The molecule has 1 fully saturated rings. The second-order valence-electron chi connectivity index (χ2n) is 5.67. The Morgan fingerprint density at radius 3 is 2.90 bits per heavy atom. The van der Waals surface area contributed by atoms with Crippen LogP contribution in [-0.2, 0) is 13.1 Å². The molecule has 2 aliphatic rings. The Labute approximate surface area is 131 Å². The lowest BCUT2D eigenvalue weighted by Gasteiger charge is -2.13. The van der Waals surface area contributed by atoms with E-state index in [-0.39, 0.29) is 5.91 Å². The smallest absolute Gasteiger partial charge is 0.258 e. The Balaban J connectivity index is 1.56. The summed E-state index contributed by atoms with van der Waals surface area (Å²) in [6.07, 6.45) is 4.07. The topological polar surface area (TPSA) is 45.5 Å². The van der Waals surface area contributed by atoms with E-state index in [2.05, 4.69) is 32.2 Å². The largest absolute Gasteiger partial charge is 0.457 e. The third kappa shape index (κ3) is 2.51. The lowest BCUT2D eigenvalue weighted by molar-refractivity contribution is 0.102. The Morgan fingerprint density at radius 2 is 2.19 bits per heavy atom. The van der Waals surface area contributed by atoms with Crippen molar-refractivity contribution in [1.29, 1.82) is 0 Å². The molecule has 0 radical (unpaired) electrons. The lowest BCUT2D eigenvalue weighted by atomic mass is 10.1. The molecule has 2 aromatic rings. The standard InChI is InChI=1S/C16H15BrN2O2/c17-15-6-11(9-21-15)16(20)18-14-3-1-2-10-7-19(8-13(10)14)12-4-5-12/h1-3,6,9,12H,4-5,7-8H2,(H,18,20). The number of hydrogen-bond acceptors (Lipinski definition) is 3. The molecule has 1 amide bonds. The highest BCUT2D eigenvalue weighted by molar-refractivity contribution is 9.10.